The third-order valence-electron chi connectivity index (χ3n) is 3.35. The molecular weight excluding hydrogens is 234 g/mol. The van der Waals surface area contributed by atoms with Crippen molar-refractivity contribution in [2.24, 2.45) is 11.8 Å². The number of piperidine rings is 1. The zero-order valence-corrected chi connectivity index (χ0v) is 11.1. The topological polar surface area (TPSA) is 20.3 Å². The van der Waals surface area contributed by atoms with Crippen LogP contribution in [0.5, 0.6) is 0 Å². The van der Waals surface area contributed by atoms with Gasteiger partial charge in [-0.3, -0.25) is 4.79 Å². The molecule has 1 heterocycles. The second kappa shape index (κ2) is 5.09. The van der Waals surface area contributed by atoms with E-state index in [0.29, 0.717) is 22.4 Å². The zero-order valence-electron chi connectivity index (χ0n) is 10.3. The molecule has 3 heteroatoms. The Labute approximate surface area is 108 Å². The average molecular weight is 252 g/mol. The third kappa shape index (κ3) is 2.81. The Hall–Kier alpha value is -1.02. The summed E-state index contributed by atoms with van der Waals surface area (Å²) in [7, 11) is 0. The van der Waals surface area contributed by atoms with Gasteiger partial charge in [-0.25, -0.2) is 0 Å². The first kappa shape index (κ1) is 12.4. The van der Waals surface area contributed by atoms with E-state index in [1.165, 1.54) is 6.42 Å². The number of anilines is 1. The van der Waals surface area contributed by atoms with Crippen molar-refractivity contribution in [3.63, 3.8) is 0 Å². The molecule has 2 rings (SSSR count). The van der Waals surface area contributed by atoms with Gasteiger partial charge in [-0.15, -0.1) is 0 Å². The second-order valence-corrected chi connectivity index (χ2v) is 5.58. The van der Waals surface area contributed by atoms with Crippen molar-refractivity contribution in [1.29, 1.82) is 0 Å². The molecule has 1 saturated heterocycles. The van der Waals surface area contributed by atoms with Gasteiger partial charge in [0.1, 0.15) is 0 Å². The van der Waals surface area contributed by atoms with Crippen molar-refractivity contribution in [3.05, 3.63) is 28.8 Å². The average Bonchev–Trinajstić information content (AvgIpc) is 2.27. The SMILES string of the molecule is CC1CC(C)CN(c2ccc(C=O)c(Cl)c2)C1. The minimum absolute atomic E-state index is 0.545. The molecule has 0 aliphatic carbocycles. The minimum Gasteiger partial charge on any atom is -0.371 e. The molecule has 17 heavy (non-hydrogen) atoms. The Morgan fingerprint density at radius 2 is 1.94 bits per heavy atom. The second-order valence-electron chi connectivity index (χ2n) is 5.17. The van der Waals surface area contributed by atoms with Crippen LogP contribution >= 0.6 is 11.6 Å². The highest BCUT2D eigenvalue weighted by Gasteiger charge is 2.22. The molecule has 2 unspecified atom stereocenters. The van der Waals surface area contributed by atoms with Crippen LogP contribution in [0.25, 0.3) is 0 Å². The van der Waals surface area contributed by atoms with Crippen molar-refractivity contribution >= 4 is 23.6 Å². The molecule has 2 nitrogen and oxygen atoms in total. The van der Waals surface area contributed by atoms with Gasteiger partial charge in [0.25, 0.3) is 0 Å². The number of benzene rings is 1. The van der Waals surface area contributed by atoms with Gasteiger partial charge in [0.15, 0.2) is 6.29 Å². The molecule has 0 aromatic heterocycles. The molecule has 1 aromatic carbocycles. The van der Waals surface area contributed by atoms with E-state index >= 15 is 0 Å². The van der Waals surface area contributed by atoms with Gasteiger partial charge < -0.3 is 4.90 Å². The summed E-state index contributed by atoms with van der Waals surface area (Å²) in [5.41, 5.74) is 1.69. The molecular formula is C14H18ClNO. The third-order valence-corrected chi connectivity index (χ3v) is 3.67. The lowest BCUT2D eigenvalue weighted by atomic mass is 9.91. The smallest absolute Gasteiger partial charge is 0.151 e. The molecule has 0 amide bonds. The first-order valence-electron chi connectivity index (χ1n) is 6.10. The maximum absolute atomic E-state index is 10.7. The maximum atomic E-state index is 10.7. The van der Waals surface area contributed by atoms with Gasteiger partial charge in [0.05, 0.1) is 5.02 Å². The standard InChI is InChI=1S/C14H18ClNO/c1-10-5-11(2)8-16(7-10)13-4-3-12(9-17)14(15)6-13/h3-4,6,9-11H,5,7-8H2,1-2H3. The van der Waals surface area contributed by atoms with Gasteiger partial charge in [0, 0.05) is 24.3 Å². The van der Waals surface area contributed by atoms with E-state index in [1.807, 2.05) is 12.1 Å². The number of carbonyl (C=O) groups is 1. The highest BCUT2D eigenvalue weighted by Crippen LogP contribution is 2.28. The van der Waals surface area contributed by atoms with E-state index in [0.717, 1.165) is 25.1 Å². The first-order valence-corrected chi connectivity index (χ1v) is 6.47. The molecule has 1 aliphatic rings. The number of nitrogens with zero attached hydrogens (tertiary/aromatic N) is 1. The predicted octanol–water partition coefficient (Wildman–Crippen LogP) is 3.63. The van der Waals surface area contributed by atoms with E-state index in [-0.39, 0.29) is 0 Å². The molecule has 0 spiro atoms. The van der Waals surface area contributed by atoms with Crippen LogP contribution in [0.1, 0.15) is 30.6 Å². The molecule has 0 bridgehead atoms. The Morgan fingerprint density at radius 1 is 1.29 bits per heavy atom. The quantitative estimate of drug-likeness (QED) is 0.748. The summed E-state index contributed by atoms with van der Waals surface area (Å²) in [5, 5.41) is 0.545. The Kier molecular flexibility index (Phi) is 3.72. The summed E-state index contributed by atoms with van der Waals surface area (Å²) in [5.74, 6) is 1.42. The highest BCUT2D eigenvalue weighted by molar-refractivity contribution is 6.33. The summed E-state index contributed by atoms with van der Waals surface area (Å²) < 4.78 is 0. The summed E-state index contributed by atoms with van der Waals surface area (Å²) in [6.45, 7) is 6.70. The van der Waals surface area contributed by atoms with Crippen LogP contribution in [-0.4, -0.2) is 19.4 Å². The lowest BCUT2D eigenvalue weighted by Gasteiger charge is -2.36. The number of aldehydes is 1. The number of hydrogen-bond donors (Lipinski definition) is 0. The number of halogens is 1. The van der Waals surface area contributed by atoms with Gasteiger partial charge >= 0.3 is 0 Å². The normalized spacial score (nSPS) is 24.8. The van der Waals surface area contributed by atoms with E-state index in [9.17, 15) is 4.79 Å². The molecule has 0 radical (unpaired) electrons. The number of carbonyl (C=O) groups excluding carboxylic acids is 1. The molecule has 92 valence electrons. The number of rotatable bonds is 2. The lowest BCUT2D eigenvalue weighted by molar-refractivity contribution is 0.112. The molecule has 0 N–H and O–H groups in total. The van der Waals surface area contributed by atoms with E-state index in [2.05, 4.69) is 18.7 Å². The summed E-state index contributed by atoms with van der Waals surface area (Å²) in [6, 6.07) is 5.69. The fourth-order valence-corrected chi connectivity index (χ4v) is 2.90. The summed E-state index contributed by atoms with van der Waals surface area (Å²) in [4.78, 5) is 13.1. The fraction of sp³-hybridized carbons (Fsp3) is 0.500. The zero-order chi connectivity index (χ0) is 12.4. The van der Waals surface area contributed by atoms with E-state index in [4.69, 9.17) is 11.6 Å². The minimum atomic E-state index is 0.545. The van der Waals surface area contributed by atoms with Crippen LogP contribution in [-0.2, 0) is 0 Å². The van der Waals surface area contributed by atoms with Crippen LogP contribution in [0.15, 0.2) is 18.2 Å². The summed E-state index contributed by atoms with van der Waals surface area (Å²) in [6.07, 6.45) is 2.09. The van der Waals surface area contributed by atoms with Crippen LogP contribution in [0.3, 0.4) is 0 Å². The van der Waals surface area contributed by atoms with E-state index < -0.39 is 0 Å². The van der Waals surface area contributed by atoms with Crippen molar-refractivity contribution in [2.75, 3.05) is 18.0 Å². The Bertz CT molecular complexity index is 409. The number of hydrogen-bond acceptors (Lipinski definition) is 2. The van der Waals surface area contributed by atoms with Gasteiger partial charge in [0.2, 0.25) is 0 Å². The molecule has 2 atom stereocenters. The fourth-order valence-electron chi connectivity index (χ4n) is 2.68. The van der Waals surface area contributed by atoms with Gasteiger partial charge in [-0.05, 0) is 36.5 Å². The van der Waals surface area contributed by atoms with Crippen LogP contribution in [0, 0.1) is 11.8 Å². The lowest BCUT2D eigenvalue weighted by Crippen LogP contribution is -2.38. The molecule has 0 saturated carbocycles. The monoisotopic (exact) mass is 251 g/mol. The van der Waals surface area contributed by atoms with Crippen molar-refractivity contribution in [3.8, 4) is 0 Å². The first-order chi connectivity index (χ1) is 8.10. The van der Waals surface area contributed by atoms with Crippen LogP contribution < -0.4 is 4.90 Å². The molecule has 1 fully saturated rings. The van der Waals surface area contributed by atoms with E-state index in [1.54, 1.807) is 6.07 Å². The molecule has 1 aromatic rings. The largest absolute Gasteiger partial charge is 0.371 e. The van der Waals surface area contributed by atoms with Crippen molar-refractivity contribution < 1.29 is 4.79 Å². The Morgan fingerprint density at radius 3 is 2.47 bits per heavy atom. The molecule has 1 aliphatic heterocycles. The summed E-state index contributed by atoms with van der Waals surface area (Å²) >= 11 is 6.06. The highest BCUT2D eigenvalue weighted by atomic mass is 35.5. The van der Waals surface area contributed by atoms with Gasteiger partial charge in [-0.2, -0.15) is 0 Å². The van der Waals surface area contributed by atoms with Crippen LogP contribution in [0.2, 0.25) is 5.02 Å². The Balaban J connectivity index is 2.21. The van der Waals surface area contributed by atoms with Crippen molar-refractivity contribution in [1.82, 2.24) is 0 Å². The maximum Gasteiger partial charge on any atom is 0.151 e. The van der Waals surface area contributed by atoms with Crippen molar-refractivity contribution in [2.45, 2.75) is 20.3 Å². The predicted molar refractivity (Wildman–Crippen MR) is 72.0 cm³/mol. The van der Waals surface area contributed by atoms with Crippen LogP contribution in [0.4, 0.5) is 5.69 Å². The van der Waals surface area contributed by atoms with Gasteiger partial charge in [-0.1, -0.05) is 25.4 Å².